The summed E-state index contributed by atoms with van der Waals surface area (Å²) < 4.78 is 0. The summed E-state index contributed by atoms with van der Waals surface area (Å²) >= 11 is 0. The summed E-state index contributed by atoms with van der Waals surface area (Å²) in [5.41, 5.74) is 0. The van der Waals surface area contributed by atoms with Crippen molar-refractivity contribution in [1.82, 2.24) is 5.06 Å². The van der Waals surface area contributed by atoms with Crippen LogP contribution >= 0.6 is 0 Å². The smallest absolute Gasteiger partial charge is 0.330 e. The van der Waals surface area contributed by atoms with Gasteiger partial charge in [0.15, 0.2) is 0 Å². The molecular weight excluding hydrogens is 330 g/mol. The van der Waals surface area contributed by atoms with Crippen molar-refractivity contribution in [1.29, 1.82) is 0 Å². The van der Waals surface area contributed by atoms with Gasteiger partial charge in [-0.25, -0.2) is 4.79 Å². The number of carbonyl (C=O) groups is 3. The van der Waals surface area contributed by atoms with E-state index >= 15 is 0 Å². The summed E-state index contributed by atoms with van der Waals surface area (Å²) in [5, 5.41) is 0.641. The minimum atomic E-state index is -0.471. The number of hydrogen-bond donors (Lipinski definition) is 0. The molecule has 148 valence electrons. The highest BCUT2D eigenvalue weighted by atomic mass is 16.7. The SMILES string of the molecule is O=C(CCCCCCC1CCCCCCCCC1)ON1C(=O)CCC1=O. The predicted octanol–water partition coefficient (Wildman–Crippen LogP) is 5.07. The van der Waals surface area contributed by atoms with Gasteiger partial charge >= 0.3 is 5.97 Å². The van der Waals surface area contributed by atoms with Gasteiger partial charge in [-0.1, -0.05) is 83.5 Å². The second-order valence-electron chi connectivity index (χ2n) is 7.92. The molecule has 0 aromatic rings. The zero-order valence-electron chi connectivity index (χ0n) is 16.2. The molecule has 1 aliphatic heterocycles. The molecule has 2 amide bonds. The van der Waals surface area contributed by atoms with E-state index < -0.39 is 17.8 Å². The van der Waals surface area contributed by atoms with E-state index in [1.807, 2.05) is 0 Å². The fraction of sp³-hybridized carbons (Fsp3) is 0.857. The van der Waals surface area contributed by atoms with Gasteiger partial charge in [0.1, 0.15) is 0 Å². The highest BCUT2D eigenvalue weighted by molar-refractivity contribution is 6.01. The first-order valence-electron chi connectivity index (χ1n) is 10.7. The van der Waals surface area contributed by atoms with E-state index in [4.69, 9.17) is 4.84 Å². The number of hydroxylamine groups is 2. The molecule has 1 aliphatic carbocycles. The van der Waals surface area contributed by atoms with E-state index in [1.54, 1.807) is 0 Å². The second kappa shape index (κ2) is 12.1. The number of carbonyl (C=O) groups excluding carboxylic acids is 3. The summed E-state index contributed by atoms with van der Waals surface area (Å²) in [6.07, 6.45) is 18.7. The van der Waals surface area contributed by atoms with Crippen LogP contribution in [0.3, 0.4) is 0 Å². The molecule has 0 N–H and O–H groups in total. The first-order chi connectivity index (χ1) is 12.7. The van der Waals surface area contributed by atoms with Gasteiger partial charge in [0.2, 0.25) is 0 Å². The molecule has 2 rings (SSSR count). The average molecular weight is 366 g/mol. The van der Waals surface area contributed by atoms with Crippen LogP contribution in [0.5, 0.6) is 0 Å². The number of unbranched alkanes of at least 4 members (excludes halogenated alkanes) is 3. The quantitative estimate of drug-likeness (QED) is 0.445. The minimum absolute atomic E-state index is 0.146. The van der Waals surface area contributed by atoms with E-state index in [-0.39, 0.29) is 19.3 Å². The monoisotopic (exact) mass is 365 g/mol. The standard InChI is InChI=1S/C21H35NO4/c23-19-16-17-20(24)22(19)26-21(25)15-11-7-6-10-14-18-12-8-4-2-1-3-5-9-13-18/h18H,1-17H2. The third-order valence-corrected chi connectivity index (χ3v) is 5.67. The predicted molar refractivity (Wildman–Crippen MR) is 99.9 cm³/mol. The largest absolute Gasteiger partial charge is 0.333 e. The van der Waals surface area contributed by atoms with Gasteiger partial charge in [0.05, 0.1) is 0 Å². The van der Waals surface area contributed by atoms with Crippen LogP contribution in [0.15, 0.2) is 0 Å². The van der Waals surface area contributed by atoms with E-state index in [0.717, 1.165) is 25.2 Å². The van der Waals surface area contributed by atoms with Gasteiger partial charge in [0, 0.05) is 19.3 Å². The van der Waals surface area contributed by atoms with Crippen molar-refractivity contribution in [3.63, 3.8) is 0 Å². The van der Waals surface area contributed by atoms with E-state index in [1.165, 1.54) is 70.6 Å². The van der Waals surface area contributed by atoms with Gasteiger partial charge in [-0.15, -0.1) is 5.06 Å². The van der Waals surface area contributed by atoms with Gasteiger partial charge in [-0.2, -0.15) is 0 Å². The Hall–Kier alpha value is -1.39. The Bertz CT molecular complexity index is 437. The maximum atomic E-state index is 11.7. The summed E-state index contributed by atoms with van der Waals surface area (Å²) in [4.78, 5) is 39.4. The van der Waals surface area contributed by atoms with E-state index in [2.05, 4.69) is 0 Å². The Morgan fingerprint density at radius 2 is 1.35 bits per heavy atom. The van der Waals surface area contributed by atoms with Crippen LogP contribution < -0.4 is 0 Å². The van der Waals surface area contributed by atoms with Crippen molar-refractivity contribution in [3.8, 4) is 0 Å². The molecule has 0 aromatic carbocycles. The van der Waals surface area contributed by atoms with E-state index in [0.29, 0.717) is 5.06 Å². The normalized spacial score (nSPS) is 20.4. The van der Waals surface area contributed by atoms with Crippen molar-refractivity contribution in [3.05, 3.63) is 0 Å². The lowest BCUT2D eigenvalue weighted by molar-refractivity contribution is -0.197. The average Bonchev–Trinajstić information content (AvgIpc) is 2.95. The van der Waals surface area contributed by atoms with Crippen LogP contribution in [0, 0.1) is 5.92 Å². The molecule has 2 aliphatic rings. The lowest BCUT2D eigenvalue weighted by atomic mass is 9.88. The third kappa shape index (κ3) is 7.88. The van der Waals surface area contributed by atoms with Gasteiger partial charge in [-0.05, 0) is 12.3 Å². The first-order valence-corrected chi connectivity index (χ1v) is 10.7. The fourth-order valence-electron chi connectivity index (χ4n) is 4.04. The molecule has 0 atom stereocenters. The molecule has 1 saturated carbocycles. The zero-order valence-corrected chi connectivity index (χ0v) is 16.2. The van der Waals surface area contributed by atoms with Gasteiger partial charge < -0.3 is 4.84 Å². The summed E-state index contributed by atoms with van der Waals surface area (Å²) in [5.74, 6) is -0.394. The molecule has 5 heteroatoms. The highest BCUT2D eigenvalue weighted by Gasteiger charge is 2.32. The first kappa shape index (κ1) is 20.9. The molecule has 2 fully saturated rings. The zero-order chi connectivity index (χ0) is 18.6. The molecule has 1 heterocycles. The van der Waals surface area contributed by atoms with Crippen LogP contribution in [0.1, 0.15) is 109 Å². The number of rotatable bonds is 8. The van der Waals surface area contributed by atoms with E-state index in [9.17, 15) is 14.4 Å². The lowest BCUT2D eigenvalue weighted by Crippen LogP contribution is -2.31. The Morgan fingerprint density at radius 3 is 1.96 bits per heavy atom. The lowest BCUT2D eigenvalue weighted by Gasteiger charge is -2.18. The molecule has 0 bridgehead atoms. The molecule has 5 nitrogen and oxygen atoms in total. The molecule has 0 spiro atoms. The van der Waals surface area contributed by atoms with Crippen molar-refractivity contribution >= 4 is 17.8 Å². The Balaban J connectivity index is 1.50. The van der Waals surface area contributed by atoms with Gasteiger partial charge in [-0.3, -0.25) is 9.59 Å². The number of hydrogen-bond acceptors (Lipinski definition) is 4. The van der Waals surface area contributed by atoms with Crippen LogP contribution in [0.2, 0.25) is 0 Å². The van der Waals surface area contributed by atoms with Crippen molar-refractivity contribution < 1.29 is 19.2 Å². The van der Waals surface area contributed by atoms with Crippen LogP contribution in [0.4, 0.5) is 0 Å². The van der Waals surface area contributed by atoms with Crippen LogP contribution in [-0.2, 0) is 19.2 Å². The summed E-state index contributed by atoms with van der Waals surface area (Å²) in [6.45, 7) is 0. The number of amides is 2. The Kier molecular flexibility index (Phi) is 9.72. The molecule has 0 radical (unpaired) electrons. The topological polar surface area (TPSA) is 63.7 Å². The minimum Gasteiger partial charge on any atom is -0.330 e. The third-order valence-electron chi connectivity index (χ3n) is 5.67. The molecule has 0 aromatic heterocycles. The highest BCUT2D eigenvalue weighted by Crippen LogP contribution is 2.26. The summed E-state index contributed by atoms with van der Waals surface area (Å²) in [7, 11) is 0. The Morgan fingerprint density at radius 1 is 0.808 bits per heavy atom. The molecule has 1 saturated heterocycles. The fourth-order valence-corrected chi connectivity index (χ4v) is 4.04. The Labute approximate surface area is 157 Å². The number of imide groups is 1. The van der Waals surface area contributed by atoms with Crippen molar-refractivity contribution in [2.24, 2.45) is 5.92 Å². The molecular formula is C21H35NO4. The maximum absolute atomic E-state index is 11.7. The number of nitrogens with zero attached hydrogens (tertiary/aromatic N) is 1. The van der Waals surface area contributed by atoms with Crippen LogP contribution in [-0.4, -0.2) is 22.8 Å². The van der Waals surface area contributed by atoms with Crippen LogP contribution in [0.25, 0.3) is 0 Å². The molecule has 26 heavy (non-hydrogen) atoms. The van der Waals surface area contributed by atoms with Crippen molar-refractivity contribution in [2.75, 3.05) is 0 Å². The van der Waals surface area contributed by atoms with Gasteiger partial charge in [0.25, 0.3) is 11.8 Å². The van der Waals surface area contributed by atoms with Crippen molar-refractivity contribution in [2.45, 2.75) is 109 Å². The maximum Gasteiger partial charge on any atom is 0.333 e. The second-order valence-corrected chi connectivity index (χ2v) is 7.92. The summed E-state index contributed by atoms with van der Waals surface area (Å²) in [6, 6.07) is 0. The molecule has 0 unspecified atom stereocenters.